The van der Waals surface area contributed by atoms with E-state index in [0.29, 0.717) is 5.92 Å². The molecule has 84 valence electrons. The van der Waals surface area contributed by atoms with Crippen LogP contribution in [0.2, 0.25) is 0 Å². The average molecular weight is 289 g/mol. The molecule has 0 aromatic carbocycles. The molecule has 3 heteroatoms. The quantitative estimate of drug-likeness (QED) is 0.869. The van der Waals surface area contributed by atoms with Gasteiger partial charge in [0, 0.05) is 10.3 Å². The molecule has 0 radical (unpaired) electrons. The Morgan fingerprint density at radius 1 is 1.67 bits per heavy atom. The van der Waals surface area contributed by atoms with E-state index in [1.54, 1.807) is 11.3 Å². The van der Waals surface area contributed by atoms with Crippen molar-refractivity contribution in [2.75, 3.05) is 0 Å². The van der Waals surface area contributed by atoms with Gasteiger partial charge >= 0.3 is 0 Å². The Morgan fingerprint density at radius 2 is 2.33 bits per heavy atom. The largest absolute Gasteiger partial charge is 0.393 e. The summed E-state index contributed by atoms with van der Waals surface area (Å²) in [4.78, 5) is 1.39. The fraction of sp³-hybridized carbons (Fsp3) is 0.667. The summed E-state index contributed by atoms with van der Waals surface area (Å²) < 4.78 is 1.20. The van der Waals surface area contributed by atoms with Gasteiger partial charge in [-0.05, 0) is 53.2 Å². The summed E-state index contributed by atoms with van der Waals surface area (Å²) in [7, 11) is 0. The average Bonchev–Trinajstić information content (AvgIpc) is 2.52. The van der Waals surface area contributed by atoms with E-state index in [1.165, 1.54) is 14.2 Å². The molecular formula is C12H17BrOS. The molecule has 2 rings (SSSR count). The Balaban J connectivity index is 2.30. The van der Waals surface area contributed by atoms with Crippen molar-refractivity contribution in [1.82, 2.24) is 0 Å². The summed E-state index contributed by atoms with van der Waals surface area (Å²) in [6.07, 6.45) is 1.85. The van der Waals surface area contributed by atoms with Gasteiger partial charge in [0.05, 0.1) is 9.89 Å². The number of hydrogen-bond donors (Lipinski definition) is 1. The fourth-order valence-electron chi connectivity index (χ4n) is 2.60. The SMILES string of the molecule is CCC1(C)C(O)CC1c1cc(Br)sc1C. The van der Waals surface area contributed by atoms with Crippen molar-refractivity contribution < 1.29 is 5.11 Å². The Kier molecular flexibility index (Phi) is 2.99. The minimum atomic E-state index is -0.120. The highest BCUT2D eigenvalue weighted by Crippen LogP contribution is 2.56. The second kappa shape index (κ2) is 3.86. The maximum absolute atomic E-state index is 9.89. The van der Waals surface area contributed by atoms with Gasteiger partial charge in [-0.1, -0.05) is 13.8 Å². The van der Waals surface area contributed by atoms with Crippen LogP contribution in [-0.2, 0) is 0 Å². The normalized spacial score (nSPS) is 35.3. The van der Waals surface area contributed by atoms with Crippen molar-refractivity contribution in [3.63, 3.8) is 0 Å². The van der Waals surface area contributed by atoms with E-state index < -0.39 is 0 Å². The molecule has 1 nitrogen and oxygen atoms in total. The minimum Gasteiger partial charge on any atom is -0.393 e. The predicted octanol–water partition coefficient (Wildman–Crippen LogP) is 4.08. The van der Waals surface area contributed by atoms with E-state index in [-0.39, 0.29) is 11.5 Å². The Bertz CT molecular complexity index is 374. The minimum absolute atomic E-state index is 0.0886. The Labute approximate surface area is 104 Å². The summed E-state index contributed by atoms with van der Waals surface area (Å²) in [5.74, 6) is 0.542. The number of thiophene rings is 1. The van der Waals surface area contributed by atoms with E-state index in [4.69, 9.17) is 0 Å². The molecule has 0 aliphatic heterocycles. The van der Waals surface area contributed by atoms with Crippen molar-refractivity contribution in [2.24, 2.45) is 5.41 Å². The summed E-state index contributed by atoms with van der Waals surface area (Å²) >= 11 is 5.33. The van der Waals surface area contributed by atoms with Crippen molar-refractivity contribution >= 4 is 27.3 Å². The number of hydrogen-bond acceptors (Lipinski definition) is 2. The highest BCUT2D eigenvalue weighted by molar-refractivity contribution is 9.11. The van der Waals surface area contributed by atoms with Crippen LogP contribution in [0, 0.1) is 12.3 Å². The maximum Gasteiger partial charge on any atom is 0.0704 e. The molecule has 1 aliphatic carbocycles. The first kappa shape index (κ1) is 11.6. The fourth-order valence-corrected chi connectivity index (χ4v) is 4.37. The maximum atomic E-state index is 9.89. The van der Waals surface area contributed by atoms with E-state index in [2.05, 4.69) is 42.8 Å². The van der Waals surface area contributed by atoms with E-state index in [0.717, 1.165) is 12.8 Å². The van der Waals surface area contributed by atoms with E-state index >= 15 is 0 Å². The van der Waals surface area contributed by atoms with Crippen molar-refractivity contribution in [3.05, 3.63) is 20.3 Å². The van der Waals surface area contributed by atoms with Crippen LogP contribution in [0.1, 0.15) is 43.0 Å². The zero-order chi connectivity index (χ0) is 11.2. The molecule has 3 atom stereocenters. The van der Waals surface area contributed by atoms with Crippen LogP contribution in [-0.4, -0.2) is 11.2 Å². The molecule has 0 saturated heterocycles. The molecule has 1 aliphatic rings. The number of aliphatic hydroxyl groups excluding tert-OH is 1. The number of rotatable bonds is 2. The van der Waals surface area contributed by atoms with Gasteiger partial charge in [-0.25, -0.2) is 0 Å². The highest BCUT2D eigenvalue weighted by Gasteiger charge is 2.50. The summed E-state index contributed by atoms with van der Waals surface area (Å²) in [6, 6.07) is 2.23. The summed E-state index contributed by atoms with van der Waals surface area (Å²) in [5.41, 5.74) is 1.52. The van der Waals surface area contributed by atoms with Crippen molar-refractivity contribution in [2.45, 2.75) is 45.6 Å². The Morgan fingerprint density at radius 3 is 2.73 bits per heavy atom. The van der Waals surface area contributed by atoms with Crippen LogP contribution >= 0.6 is 27.3 Å². The molecule has 1 saturated carbocycles. The third-order valence-corrected chi connectivity index (χ3v) is 5.65. The molecule has 3 unspecified atom stereocenters. The molecule has 1 N–H and O–H groups in total. The Hall–Kier alpha value is 0.140. The molecule has 1 aromatic rings. The monoisotopic (exact) mass is 288 g/mol. The highest BCUT2D eigenvalue weighted by atomic mass is 79.9. The van der Waals surface area contributed by atoms with Gasteiger partial charge in [-0.3, -0.25) is 0 Å². The van der Waals surface area contributed by atoms with E-state index in [1.807, 2.05) is 0 Å². The third kappa shape index (κ3) is 1.69. The van der Waals surface area contributed by atoms with Crippen LogP contribution in [0.25, 0.3) is 0 Å². The van der Waals surface area contributed by atoms with Gasteiger partial charge in [0.1, 0.15) is 0 Å². The lowest BCUT2D eigenvalue weighted by Gasteiger charge is -2.51. The van der Waals surface area contributed by atoms with Crippen molar-refractivity contribution in [1.29, 1.82) is 0 Å². The van der Waals surface area contributed by atoms with Gasteiger partial charge in [-0.15, -0.1) is 11.3 Å². The first-order chi connectivity index (χ1) is 6.99. The lowest BCUT2D eigenvalue weighted by atomic mass is 9.55. The zero-order valence-electron chi connectivity index (χ0n) is 9.38. The number of aryl methyl sites for hydroxylation is 1. The van der Waals surface area contributed by atoms with Gasteiger partial charge < -0.3 is 5.11 Å². The second-order valence-electron chi connectivity index (χ2n) is 4.73. The molecule has 1 fully saturated rings. The lowest BCUT2D eigenvalue weighted by Crippen LogP contribution is -2.49. The lowest BCUT2D eigenvalue weighted by molar-refractivity contribution is -0.0778. The van der Waals surface area contributed by atoms with Crippen LogP contribution in [0.15, 0.2) is 9.85 Å². The number of aliphatic hydroxyl groups is 1. The molecule has 0 amide bonds. The molecule has 0 spiro atoms. The van der Waals surface area contributed by atoms with Gasteiger partial charge in [0.25, 0.3) is 0 Å². The smallest absolute Gasteiger partial charge is 0.0704 e. The number of halogens is 1. The van der Waals surface area contributed by atoms with Crippen LogP contribution in [0.3, 0.4) is 0 Å². The van der Waals surface area contributed by atoms with E-state index in [9.17, 15) is 5.11 Å². The molecule has 0 bridgehead atoms. The molecular weight excluding hydrogens is 272 g/mol. The van der Waals surface area contributed by atoms with Gasteiger partial charge in [0.2, 0.25) is 0 Å². The molecule has 15 heavy (non-hydrogen) atoms. The molecule has 1 heterocycles. The standard InChI is InChI=1S/C12H17BrOS/c1-4-12(3)9(6-10(12)14)8-5-11(13)15-7(8)2/h5,9-10,14H,4,6H2,1-3H3. The summed E-state index contributed by atoms with van der Waals surface area (Å²) in [5, 5.41) is 9.89. The second-order valence-corrected chi connectivity index (χ2v) is 7.36. The van der Waals surface area contributed by atoms with Gasteiger partial charge in [0.15, 0.2) is 0 Å². The van der Waals surface area contributed by atoms with Gasteiger partial charge in [-0.2, -0.15) is 0 Å². The van der Waals surface area contributed by atoms with Crippen molar-refractivity contribution in [3.8, 4) is 0 Å². The first-order valence-electron chi connectivity index (χ1n) is 5.43. The van der Waals surface area contributed by atoms with Crippen LogP contribution in [0.4, 0.5) is 0 Å². The zero-order valence-corrected chi connectivity index (χ0v) is 11.8. The third-order valence-electron chi connectivity index (χ3n) is 4.08. The predicted molar refractivity (Wildman–Crippen MR) is 68.5 cm³/mol. The topological polar surface area (TPSA) is 20.2 Å². The first-order valence-corrected chi connectivity index (χ1v) is 7.04. The van der Waals surface area contributed by atoms with Crippen LogP contribution in [0.5, 0.6) is 0 Å². The molecule has 1 aromatic heterocycles. The van der Waals surface area contributed by atoms with Crippen LogP contribution < -0.4 is 0 Å². The summed E-state index contributed by atoms with van der Waals surface area (Å²) in [6.45, 7) is 6.55.